The van der Waals surface area contributed by atoms with Gasteiger partial charge in [-0.1, -0.05) is 26.0 Å². The topological polar surface area (TPSA) is 83.3 Å². The Kier molecular flexibility index (Phi) is 7.76. The normalized spacial score (nSPS) is 26.5. The van der Waals surface area contributed by atoms with Crippen molar-refractivity contribution in [2.75, 3.05) is 6.54 Å². The number of piperidine rings is 1. The van der Waals surface area contributed by atoms with Crippen molar-refractivity contribution >= 4 is 5.91 Å². The van der Waals surface area contributed by atoms with Gasteiger partial charge in [-0.05, 0) is 69.6 Å². The fourth-order valence-corrected chi connectivity index (χ4v) is 6.95. The van der Waals surface area contributed by atoms with Gasteiger partial charge in [-0.2, -0.15) is 0 Å². The van der Waals surface area contributed by atoms with Crippen molar-refractivity contribution < 1.29 is 18.7 Å². The lowest BCUT2D eigenvalue weighted by atomic mass is 9.86. The van der Waals surface area contributed by atoms with E-state index in [1.165, 1.54) is 12.8 Å². The first-order valence-corrected chi connectivity index (χ1v) is 14.3. The summed E-state index contributed by atoms with van der Waals surface area (Å²) in [5.41, 5.74) is 0.932. The van der Waals surface area contributed by atoms with Crippen LogP contribution in [0.15, 0.2) is 24.3 Å². The Morgan fingerprint density at radius 2 is 1.68 bits per heavy atom. The van der Waals surface area contributed by atoms with Crippen molar-refractivity contribution in [3.8, 4) is 5.75 Å². The fourth-order valence-electron chi connectivity index (χ4n) is 6.95. The monoisotopic (exact) mass is 529 g/mol. The number of aromatic nitrogens is 3. The molecule has 38 heavy (non-hydrogen) atoms. The summed E-state index contributed by atoms with van der Waals surface area (Å²) in [6, 6.07) is 8.12. The number of phenolic OH excluding ortho intramolecular Hbond substituents is 1. The number of carbonyl (C=O) groups excluding carboxylic acids is 1. The molecule has 9 heteroatoms. The highest BCUT2D eigenvalue weighted by molar-refractivity contribution is 5.79. The molecule has 2 unspecified atom stereocenters. The van der Waals surface area contributed by atoms with E-state index >= 15 is 0 Å². The third kappa shape index (κ3) is 5.72. The Balaban J connectivity index is 1.25. The Hall–Kier alpha value is -2.55. The standard InChI is InChI=1S/C29H41F2N5O2/c1-18(2)27-34-33-19(3)36(27)24-16-22-6-7-23(17-24)35(22)15-12-26(20-4-8-25(37)9-5-20)32-28(38)21-10-13-29(30,31)14-11-21/h4-5,8-9,18,21-24,26,37H,6-7,10-17H2,1-3H3,(H,32,38)/t22?,23?,24?,26-/m1/s1. The molecule has 3 heterocycles. The molecule has 7 nitrogen and oxygen atoms in total. The molecule has 2 aliphatic heterocycles. The predicted octanol–water partition coefficient (Wildman–Crippen LogP) is 5.66. The Bertz CT molecular complexity index is 1090. The number of rotatable bonds is 8. The molecule has 2 N–H and O–H groups in total. The molecule has 0 radical (unpaired) electrons. The molecule has 2 saturated heterocycles. The summed E-state index contributed by atoms with van der Waals surface area (Å²) >= 11 is 0. The van der Waals surface area contributed by atoms with Gasteiger partial charge >= 0.3 is 0 Å². The Morgan fingerprint density at radius 1 is 1.05 bits per heavy atom. The number of nitrogens with zero attached hydrogens (tertiary/aromatic N) is 4. The highest BCUT2D eigenvalue weighted by atomic mass is 19.3. The number of phenols is 1. The van der Waals surface area contributed by atoms with Crippen LogP contribution in [0.2, 0.25) is 0 Å². The molecular weight excluding hydrogens is 488 g/mol. The van der Waals surface area contributed by atoms with Crippen LogP contribution in [-0.2, 0) is 4.79 Å². The van der Waals surface area contributed by atoms with Crippen LogP contribution in [0.5, 0.6) is 5.75 Å². The van der Waals surface area contributed by atoms with Gasteiger partial charge in [0.05, 0.1) is 6.04 Å². The van der Waals surface area contributed by atoms with E-state index in [9.17, 15) is 18.7 Å². The molecule has 1 saturated carbocycles. The number of fused-ring (bicyclic) bond motifs is 2. The minimum Gasteiger partial charge on any atom is -0.508 e. The maximum absolute atomic E-state index is 13.6. The number of carbonyl (C=O) groups is 1. The zero-order valence-electron chi connectivity index (χ0n) is 22.7. The first-order chi connectivity index (χ1) is 18.1. The molecular formula is C29H41F2N5O2. The van der Waals surface area contributed by atoms with Gasteiger partial charge in [0, 0.05) is 49.3 Å². The summed E-state index contributed by atoms with van der Waals surface area (Å²) in [7, 11) is 0. The molecule has 0 spiro atoms. The second kappa shape index (κ2) is 10.9. The molecule has 3 fully saturated rings. The number of halogens is 2. The summed E-state index contributed by atoms with van der Waals surface area (Å²) < 4.78 is 29.6. The number of aryl methyl sites for hydroxylation is 1. The Labute approximate surface area is 224 Å². The van der Waals surface area contributed by atoms with Crippen LogP contribution in [0.25, 0.3) is 0 Å². The van der Waals surface area contributed by atoms with Gasteiger partial charge in [0.1, 0.15) is 17.4 Å². The Morgan fingerprint density at radius 3 is 2.29 bits per heavy atom. The summed E-state index contributed by atoms with van der Waals surface area (Å²) in [6.45, 7) is 7.24. The molecule has 1 aliphatic carbocycles. The van der Waals surface area contributed by atoms with Gasteiger partial charge in [-0.15, -0.1) is 10.2 Å². The number of aromatic hydroxyl groups is 1. The average Bonchev–Trinajstić information content (AvgIpc) is 3.37. The first-order valence-electron chi connectivity index (χ1n) is 14.3. The maximum Gasteiger partial charge on any atom is 0.248 e. The SMILES string of the molecule is Cc1nnc(C(C)C)n1C1CC2CCC(C1)N2CC[C@@H](NC(=O)C1CCC(F)(F)CC1)c1ccc(O)cc1. The van der Waals surface area contributed by atoms with Crippen molar-refractivity contribution in [1.29, 1.82) is 0 Å². The van der Waals surface area contributed by atoms with Crippen molar-refractivity contribution in [3.63, 3.8) is 0 Å². The lowest BCUT2D eigenvalue weighted by Crippen LogP contribution is -2.45. The average molecular weight is 530 g/mol. The number of alkyl halides is 2. The number of amides is 1. The summed E-state index contributed by atoms with van der Waals surface area (Å²) in [5.74, 6) is -0.596. The van der Waals surface area contributed by atoms with E-state index in [4.69, 9.17) is 0 Å². The third-order valence-electron chi connectivity index (χ3n) is 9.01. The van der Waals surface area contributed by atoms with Crippen LogP contribution in [0.3, 0.4) is 0 Å². The number of hydrogen-bond donors (Lipinski definition) is 2. The zero-order valence-corrected chi connectivity index (χ0v) is 22.7. The van der Waals surface area contributed by atoms with Crippen molar-refractivity contribution in [3.05, 3.63) is 41.5 Å². The molecule has 2 bridgehead atoms. The lowest BCUT2D eigenvalue weighted by molar-refractivity contribution is -0.130. The molecule has 3 atom stereocenters. The van der Waals surface area contributed by atoms with Gasteiger partial charge in [0.15, 0.2) is 0 Å². The molecule has 1 aromatic carbocycles. The predicted molar refractivity (Wildman–Crippen MR) is 141 cm³/mol. The van der Waals surface area contributed by atoms with E-state index in [1.54, 1.807) is 12.1 Å². The van der Waals surface area contributed by atoms with E-state index in [0.717, 1.165) is 43.0 Å². The van der Waals surface area contributed by atoms with E-state index in [-0.39, 0.29) is 49.3 Å². The molecule has 208 valence electrons. The van der Waals surface area contributed by atoms with E-state index in [1.807, 2.05) is 19.1 Å². The third-order valence-corrected chi connectivity index (χ3v) is 9.01. The van der Waals surface area contributed by atoms with Crippen LogP contribution in [0.4, 0.5) is 8.78 Å². The quantitative estimate of drug-likeness (QED) is 0.461. The molecule has 1 amide bonds. The number of benzene rings is 1. The minimum absolute atomic E-state index is 0.135. The van der Waals surface area contributed by atoms with Crippen molar-refractivity contribution in [1.82, 2.24) is 25.0 Å². The molecule has 5 rings (SSSR count). The molecule has 2 aromatic rings. The fraction of sp³-hybridized carbons (Fsp3) is 0.690. The lowest BCUT2D eigenvalue weighted by Gasteiger charge is -2.40. The van der Waals surface area contributed by atoms with Crippen molar-refractivity contribution in [2.24, 2.45) is 5.92 Å². The number of nitrogens with one attached hydrogen (secondary N) is 1. The van der Waals surface area contributed by atoms with E-state index < -0.39 is 5.92 Å². The molecule has 1 aromatic heterocycles. The highest BCUT2D eigenvalue weighted by Crippen LogP contribution is 2.42. The van der Waals surface area contributed by atoms with Gasteiger partial charge < -0.3 is 15.0 Å². The van der Waals surface area contributed by atoms with Crippen LogP contribution in [0, 0.1) is 12.8 Å². The van der Waals surface area contributed by atoms with Crippen LogP contribution in [-0.4, -0.2) is 55.2 Å². The van der Waals surface area contributed by atoms with Gasteiger partial charge in [-0.25, -0.2) is 8.78 Å². The largest absolute Gasteiger partial charge is 0.508 e. The second-order valence-electron chi connectivity index (χ2n) is 11.9. The highest BCUT2D eigenvalue weighted by Gasteiger charge is 2.42. The first kappa shape index (κ1) is 27.0. The van der Waals surface area contributed by atoms with Crippen LogP contribution in [0.1, 0.15) is 107 Å². The summed E-state index contributed by atoms with van der Waals surface area (Å²) in [5, 5.41) is 21.8. The van der Waals surface area contributed by atoms with E-state index in [0.29, 0.717) is 24.0 Å². The maximum atomic E-state index is 13.6. The summed E-state index contributed by atoms with van der Waals surface area (Å²) in [6.07, 6.45) is 5.22. The van der Waals surface area contributed by atoms with Crippen LogP contribution < -0.4 is 5.32 Å². The number of hydrogen-bond acceptors (Lipinski definition) is 5. The summed E-state index contributed by atoms with van der Waals surface area (Å²) in [4.78, 5) is 15.7. The van der Waals surface area contributed by atoms with Crippen LogP contribution >= 0.6 is 0 Å². The minimum atomic E-state index is -2.65. The van der Waals surface area contributed by atoms with Crippen molar-refractivity contribution in [2.45, 2.75) is 115 Å². The zero-order chi connectivity index (χ0) is 27.0. The van der Waals surface area contributed by atoms with Gasteiger partial charge in [0.2, 0.25) is 11.8 Å². The molecule has 3 aliphatic rings. The second-order valence-corrected chi connectivity index (χ2v) is 11.9. The van der Waals surface area contributed by atoms with Gasteiger partial charge in [-0.3, -0.25) is 9.69 Å². The van der Waals surface area contributed by atoms with Gasteiger partial charge in [0.25, 0.3) is 0 Å². The smallest absolute Gasteiger partial charge is 0.248 e. The van der Waals surface area contributed by atoms with E-state index in [2.05, 4.69) is 38.8 Å².